The summed E-state index contributed by atoms with van der Waals surface area (Å²) >= 11 is 1.34. The number of hydrogen-bond donors (Lipinski definition) is 1. The molecule has 0 atom stereocenters. The second-order valence-electron chi connectivity index (χ2n) is 5.04. The Bertz CT molecular complexity index is 727. The van der Waals surface area contributed by atoms with Crippen LogP contribution < -0.4 is 5.73 Å². The van der Waals surface area contributed by atoms with E-state index in [1.807, 2.05) is 26.8 Å². The van der Waals surface area contributed by atoms with Crippen LogP contribution in [0, 0.1) is 26.2 Å². The van der Waals surface area contributed by atoms with E-state index < -0.39 is 0 Å². The van der Waals surface area contributed by atoms with E-state index in [2.05, 4.69) is 10.9 Å². The molecular weight excluding hydrogens is 282 g/mol. The van der Waals surface area contributed by atoms with E-state index in [0.29, 0.717) is 23.7 Å². The smallest absolute Gasteiger partial charge is 0.266 e. The predicted octanol–water partition coefficient (Wildman–Crippen LogP) is 2.98. The fourth-order valence-corrected chi connectivity index (χ4v) is 3.59. The topological polar surface area (TPSA) is 59.2 Å². The minimum absolute atomic E-state index is 0.104. The molecule has 0 spiro atoms. The number of aryl methyl sites for hydroxylation is 2. The molecule has 0 aromatic carbocycles. The third kappa shape index (κ3) is 2.86. The summed E-state index contributed by atoms with van der Waals surface area (Å²) in [5, 5.41) is 0.881. The highest BCUT2D eigenvalue weighted by Gasteiger charge is 2.22. The van der Waals surface area contributed by atoms with Crippen LogP contribution in [0.15, 0.2) is 6.07 Å². The summed E-state index contributed by atoms with van der Waals surface area (Å²) in [6.45, 7) is 6.86. The maximum atomic E-state index is 12.6. The van der Waals surface area contributed by atoms with Crippen LogP contribution in [-0.4, -0.2) is 28.9 Å². The number of nitrogen functional groups attached to an aromatic ring is 1. The Morgan fingerprint density at radius 3 is 2.86 bits per heavy atom. The van der Waals surface area contributed by atoms with Gasteiger partial charge in [-0.15, -0.1) is 17.8 Å². The molecule has 0 fully saturated rings. The SMILES string of the molecule is C#CCN(CCC)C(=O)c1sc2nc(C)cc(C)c2c1N. The number of fused-ring (bicyclic) bond motifs is 1. The van der Waals surface area contributed by atoms with Crippen molar-refractivity contribution in [2.45, 2.75) is 27.2 Å². The third-order valence-corrected chi connectivity index (χ3v) is 4.37. The van der Waals surface area contributed by atoms with Gasteiger partial charge in [0.05, 0.1) is 12.2 Å². The highest BCUT2D eigenvalue weighted by Crippen LogP contribution is 2.35. The van der Waals surface area contributed by atoms with Crippen LogP contribution in [0.4, 0.5) is 5.69 Å². The van der Waals surface area contributed by atoms with Crippen molar-refractivity contribution in [1.29, 1.82) is 0 Å². The fourth-order valence-electron chi connectivity index (χ4n) is 2.40. The van der Waals surface area contributed by atoms with Crippen LogP contribution in [0.1, 0.15) is 34.3 Å². The molecule has 4 nitrogen and oxygen atoms in total. The van der Waals surface area contributed by atoms with Crippen molar-refractivity contribution in [3.8, 4) is 12.3 Å². The molecule has 2 N–H and O–H groups in total. The van der Waals surface area contributed by atoms with E-state index in [0.717, 1.165) is 27.9 Å². The van der Waals surface area contributed by atoms with E-state index >= 15 is 0 Å². The van der Waals surface area contributed by atoms with Gasteiger partial charge in [-0.3, -0.25) is 4.79 Å². The molecule has 5 heteroatoms. The van der Waals surface area contributed by atoms with Crippen LogP contribution in [0.2, 0.25) is 0 Å². The van der Waals surface area contributed by atoms with Crippen molar-refractivity contribution in [2.24, 2.45) is 0 Å². The van der Waals surface area contributed by atoms with Crippen LogP contribution >= 0.6 is 11.3 Å². The summed E-state index contributed by atoms with van der Waals surface area (Å²) in [6, 6.07) is 1.98. The molecule has 0 aliphatic carbocycles. The highest BCUT2D eigenvalue weighted by atomic mass is 32.1. The Kier molecular flexibility index (Phi) is 4.49. The van der Waals surface area contributed by atoms with Gasteiger partial charge in [-0.05, 0) is 31.9 Å². The fraction of sp³-hybridized carbons (Fsp3) is 0.375. The van der Waals surface area contributed by atoms with Gasteiger partial charge < -0.3 is 10.6 Å². The largest absolute Gasteiger partial charge is 0.397 e. The first-order valence-electron chi connectivity index (χ1n) is 6.88. The normalized spacial score (nSPS) is 10.6. The second kappa shape index (κ2) is 6.15. The molecular formula is C16H19N3OS. The van der Waals surface area contributed by atoms with Gasteiger partial charge in [-0.2, -0.15) is 0 Å². The quantitative estimate of drug-likeness (QED) is 0.883. The maximum Gasteiger partial charge on any atom is 0.266 e. The molecule has 0 saturated carbocycles. The molecule has 110 valence electrons. The van der Waals surface area contributed by atoms with E-state index in [1.54, 1.807) is 4.90 Å². The van der Waals surface area contributed by atoms with Gasteiger partial charge in [-0.25, -0.2) is 4.98 Å². The molecule has 2 heterocycles. The van der Waals surface area contributed by atoms with Crippen molar-refractivity contribution in [3.05, 3.63) is 22.2 Å². The lowest BCUT2D eigenvalue weighted by molar-refractivity contribution is 0.0782. The number of carbonyl (C=O) groups is 1. The number of pyridine rings is 1. The summed E-state index contributed by atoms with van der Waals surface area (Å²) in [6.07, 6.45) is 6.20. The van der Waals surface area contributed by atoms with Crippen LogP contribution in [-0.2, 0) is 0 Å². The number of hydrogen-bond acceptors (Lipinski definition) is 4. The molecule has 2 rings (SSSR count). The number of rotatable bonds is 4. The van der Waals surface area contributed by atoms with Crippen molar-refractivity contribution < 1.29 is 4.79 Å². The van der Waals surface area contributed by atoms with E-state index in [-0.39, 0.29) is 5.91 Å². The zero-order chi connectivity index (χ0) is 15.6. The average molecular weight is 301 g/mol. The van der Waals surface area contributed by atoms with Crippen molar-refractivity contribution in [1.82, 2.24) is 9.88 Å². The summed E-state index contributed by atoms with van der Waals surface area (Å²) in [5.74, 6) is 2.43. The molecule has 0 aliphatic rings. The van der Waals surface area contributed by atoms with Gasteiger partial charge in [0.1, 0.15) is 9.71 Å². The zero-order valence-corrected chi connectivity index (χ0v) is 13.4. The number of terminal acetylenes is 1. The summed E-state index contributed by atoms with van der Waals surface area (Å²) in [7, 11) is 0. The lowest BCUT2D eigenvalue weighted by atomic mass is 10.1. The van der Waals surface area contributed by atoms with Gasteiger partial charge in [0.15, 0.2) is 0 Å². The van der Waals surface area contributed by atoms with Crippen molar-refractivity contribution in [3.63, 3.8) is 0 Å². The van der Waals surface area contributed by atoms with Crippen LogP contribution in [0.5, 0.6) is 0 Å². The van der Waals surface area contributed by atoms with Gasteiger partial charge in [0.25, 0.3) is 5.91 Å². The molecule has 0 aliphatic heterocycles. The Labute approximate surface area is 129 Å². The second-order valence-corrected chi connectivity index (χ2v) is 6.04. The Morgan fingerprint density at radius 2 is 2.24 bits per heavy atom. The first kappa shape index (κ1) is 15.3. The molecule has 1 amide bonds. The minimum Gasteiger partial charge on any atom is -0.397 e. The van der Waals surface area contributed by atoms with Gasteiger partial charge in [0.2, 0.25) is 0 Å². The molecule has 0 unspecified atom stereocenters. The lowest BCUT2D eigenvalue weighted by Gasteiger charge is -2.18. The standard InChI is InChI=1S/C16H19N3OS/c1-5-7-19(8-6-2)16(20)14-13(17)12-10(3)9-11(4)18-15(12)21-14/h1,9H,6-8,17H2,2-4H3. The summed E-state index contributed by atoms with van der Waals surface area (Å²) < 4.78 is 0. The van der Waals surface area contributed by atoms with Gasteiger partial charge >= 0.3 is 0 Å². The maximum absolute atomic E-state index is 12.6. The van der Waals surface area contributed by atoms with Crippen LogP contribution in [0.3, 0.4) is 0 Å². The van der Waals surface area contributed by atoms with E-state index in [9.17, 15) is 4.79 Å². The number of thiophene rings is 1. The molecule has 0 radical (unpaired) electrons. The molecule has 0 saturated heterocycles. The number of amides is 1. The average Bonchev–Trinajstić information content (AvgIpc) is 2.74. The van der Waals surface area contributed by atoms with Crippen LogP contribution in [0.25, 0.3) is 10.2 Å². The number of carbonyl (C=O) groups excluding carboxylic acids is 1. The first-order chi connectivity index (χ1) is 9.99. The Morgan fingerprint density at radius 1 is 1.52 bits per heavy atom. The molecule has 2 aromatic heterocycles. The van der Waals surface area contributed by atoms with Gasteiger partial charge in [-0.1, -0.05) is 12.8 Å². The van der Waals surface area contributed by atoms with E-state index in [1.165, 1.54) is 11.3 Å². The predicted molar refractivity (Wildman–Crippen MR) is 88.5 cm³/mol. The lowest BCUT2D eigenvalue weighted by Crippen LogP contribution is -2.32. The van der Waals surface area contributed by atoms with E-state index in [4.69, 9.17) is 12.2 Å². The van der Waals surface area contributed by atoms with Crippen molar-refractivity contribution in [2.75, 3.05) is 18.8 Å². The zero-order valence-electron chi connectivity index (χ0n) is 12.6. The Hall–Kier alpha value is -2.06. The first-order valence-corrected chi connectivity index (χ1v) is 7.70. The van der Waals surface area contributed by atoms with Gasteiger partial charge in [0, 0.05) is 17.6 Å². The number of nitrogens with two attached hydrogens (primary N) is 1. The van der Waals surface area contributed by atoms with Crippen molar-refractivity contribution >= 4 is 33.1 Å². The number of aromatic nitrogens is 1. The third-order valence-electron chi connectivity index (χ3n) is 3.28. The summed E-state index contributed by atoms with van der Waals surface area (Å²) in [4.78, 5) is 20.1. The molecule has 21 heavy (non-hydrogen) atoms. The number of anilines is 1. The number of nitrogens with zero attached hydrogens (tertiary/aromatic N) is 2. The summed E-state index contributed by atoms with van der Waals surface area (Å²) in [5.41, 5.74) is 8.68. The minimum atomic E-state index is -0.104. The monoisotopic (exact) mass is 301 g/mol. The molecule has 0 bridgehead atoms. The Balaban J connectivity index is 2.51. The highest BCUT2D eigenvalue weighted by molar-refractivity contribution is 7.21. The molecule has 2 aromatic rings.